The van der Waals surface area contributed by atoms with Crippen LogP contribution in [0.4, 0.5) is 5.69 Å². The van der Waals surface area contributed by atoms with Gasteiger partial charge in [0.25, 0.3) is 5.91 Å². The van der Waals surface area contributed by atoms with Crippen molar-refractivity contribution in [1.29, 1.82) is 0 Å². The number of anilines is 1. The molecule has 0 unspecified atom stereocenters. The fraction of sp³-hybridized carbons (Fsp3) is 0.182. The second-order valence-corrected chi connectivity index (χ2v) is 3.52. The maximum Gasteiger partial charge on any atom is 0.279 e. The number of nitrogens with one attached hydrogen (secondary N) is 1. The van der Waals surface area contributed by atoms with Gasteiger partial charge in [0.05, 0.1) is 0 Å². The van der Waals surface area contributed by atoms with Crippen molar-refractivity contribution in [3.63, 3.8) is 0 Å². The Kier molecular flexibility index (Phi) is 2.68. The molecule has 0 aliphatic heterocycles. The Balaban J connectivity index is 2.17. The fourth-order valence-corrected chi connectivity index (χ4v) is 1.35. The first-order chi connectivity index (χ1) is 7.66. The highest BCUT2D eigenvalue weighted by Gasteiger charge is 2.14. The molecule has 0 aliphatic carbocycles. The molecule has 0 bridgehead atoms. The van der Waals surface area contributed by atoms with Crippen molar-refractivity contribution >= 4 is 11.6 Å². The van der Waals surface area contributed by atoms with Crippen molar-refractivity contribution in [3.8, 4) is 0 Å². The minimum atomic E-state index is -0.315. The van der Waals surface area contributed by atoms with Gasteiger partial charge in [-0.05, 0) is 36.7 Å². The highest BCUT2D eigenvalue weighted by atomic mass is 16.6. The lowest BCUT2D eigenvalue weighted by molar-refractivity contribution is 0.101. The summed E-state index contributed by atoms with van der Waals surface area (Å²) in [7, 11) is 0. The quantitative estimate of drug-likeness (QED) is 0.834. The molecule has 82 valence electrons. The van der Waals surface area contributed by atoms with Crippen LogP contribution in [0.2, 0.25) is 0 Å². The lowest BCUT2D eigenvalue weighted by atomic mass is 10.2. The zero-order chi connectivity index (χ0) is 11.5. The Morgan fingerprint density at radius 2 is 2.12 bits per heavy atom. The van der Waals surface area contributed by atoms with Gasteiger partial charge in [0.1, 0.15) is 5.69 Å². The van der Waals surface area contributed by atoms with E-state index in [0.29, 0.717) is 5.69 Å². The molecule has 0 atom stereocenters. The monoisotopic (exact) mass is 217 g/mol. The predicted molar refractivity (Wildman–Crippen MR) is 58.2 cm³/mol. The van der Waals surface area contributed by atoms with Crippen LogP contribution in [-0.4, -0.2) is 16.2 Å². The van der Waals surface area contributed by atoms with E-state index in [1.165, 1.54) is 0 Å². The van der Waals surface area contributed by atoms with E-state index in [1.807, 2.05) is 31.2 Å². The maximum absolute atomic E-state index is 11.7. The molecule has 0 aliphatic rings. The maximum atomic E-state index is 11.7. The smallest absolute Gasteiger partial charge is 0.279 e. The molecular formula is C11H11N3O2. The van der Waals surface area contributed by atoms with Crippen LogP contribution in [0.1, 0.15) is 21.7 Å². The summed E-state index contributed by atoms with van der Waals surface area (Å²) in [6.45, 7) is 3.63. The average Bonchev–Trinajstić information content (AvgIpc) is 2.64. The first-order valence-electron chi connectivity index (χ1n) is 4.84. The minimum absolute atomic E-state index is 0.210. The van der Waals surface area contributed by atoms with E-state index in [1.54, 1.807) is 6.92 Å². The molecule has 0 spiro atoms. The number of amides is 1. The topological polar surface area (TPSA) is 68.0 Å². The Morgan fingerprint density at radius 1 is 1.31 bits per heavy atom. The Bertz CT molecular complexity index is 519. The third-order valence-electron chi connectivity index (χ3n) is 2.14. The molecule has 1 aromatic carbocycles. The Morgan fingerprint density at radius 3 is 2.75 bits per heavy atom. The van der Waals surface area contributed by atoms with Crippen LogP contribution in [-0.2, 0) is 0 Å². The Labute approximate surface area is 92.4 Å². The van der Waals surface area contributed by atoms with Gasteiger partial charge < -0.3 is 5.32 Å². The molecule has 0 fully saturated rings. The molecule has 0 radical (unpaired) electrons. The highest BCUT2D eigenvalue weighted by molar-refractivity contribution is 6.03. The second-order valence-electron chi connectivity index (χ2n) is 3.52. The average molecular weight is 217 g/mol. The number of carbonyl (C=O) groups excluding carboxylic acids is 1. The van der Waals surface area contributed by atoms with Crippen LogP contribution in [0.5, 0.6) is 0 Å². The third kappa shape index (κ3) is 2.08. The number of benzene rings is 1. The molecule has 0 saturated heterocycles. The molecule has 1 N–H and O–H groups in total. The molecule has 16 heavy (non-hydrogen) atoms. The van der Waals surface area contributed by atoms with E-state index in [2.05, 4.69) is 20.3 Å². The molecular weight excluding hydrogens is 206 g/mol. The van der Waals surface area contributed by atoms with Gasteiger partial charge in [-0.3, -0.25) is 4.79 Å². The summed E-state index contributed by atoms with van der Waals surface area (Å²) >= 11 is 0. The van der Waals surface area contributed by atoms with Crippen LogP contribution >= 0.6 is 0 Å². The molecule has 2 aromatic rings. The van der Waals surface area contributed by atoms with Gasteiger partial charge in [-0.25, -0.2) is 4.63 Å². The summed E-state index contributed by atoms with van der Waals surface area (Å²) < 4.78 is 4.47. The standard InChI is InChI=1S/C11H11N3O2/c1-7-4-3-5-9(6-7)12-11(15)10-8(2)13-16-14-10/h3-6H,1-2H3,(H,12,15). The van der Waals surface area contributed by atoms with Crippen molar-refractivity contribution in [1.82, 2.24) is 10.3 Å². The summed E-state index contributed by atoms with van der Waals surface area (Å²) in [4.78, 5) is 11.7. The number of aromatic nitrogens is 2. The molecule has 0 saturated carbocycles. The number of nitrogens with zero attached hydrogens (tertiary/aromatic N) is 2. The normalized spacial score (nSPS) is 10.1. The van der Waals surface area contributed by atoms with Crippen LogP contribution < -0.4 is 5.32 Å². The third-order valence-corrected chi connectivity index (χ3v) is 2.14. The van der Waals surface area contributed by atoms with Crippen molar-refractivity contribution in [2.75, 3.05) is 5.32 Å². The zero-order valence-corrected chi connectivity index (χ0v) is 9.02. The van der Waals surface area contributed by atoms with Gasteiger partial charge in [-0.15, -0.1) is 0 Å². The summed E-state index contributed by atoms with van der Waals surface area (Å²) in [5.41, 5.74) is 2.49. The number of carbonyl (C=O) groups is 1. The zero-order valence-electron chi connectivity index (χ0n) is 9.02. The summed E-state index contributed by atoms with van der Waals surface area (Å²) in [5, 5.41) is 9.81. The van der Waals surface area contributed by atoms with Gasteiger partial charge >= 0.3 is 0 Å². The van der Waals surface area contributed by atoms with Gasteiger partial charge in [0, 0.05) is 5.69 Å². The van der Waals surface area contributed by atoms with Crippen LogP contribution in [0.3, 0.4) is 0 Å². The van der Waals surface area contributed by atoms with E-state index in [9.17, 15) is 4.79 Å². The van der Waals surface area contributed by atoms with E-state index in [-0.39, 0.29) is 11.6 Å². The van der Waals surface area contributed by atoms with E-state index in [4.69, 9.17) is 0 Å². The van der Waals surface area contributed by atoms with Gasteiger partial charge in [-0.1, -0.05) is 17.3 Å². The van der Waals surface area contributed by atoms with Gasteiger partial charge in [-0.2, -0.15) is 0 Å². The summed E-state index contributed by atoms with van der Waals surface area (Å²) in [5.74, 6) is -0.315. The second kappa shape index (κ2) is 4.14. The highest BCUT2D eigenvalue weighted by Crippen LogP contribution is 2.11. The lowest BCUT2D eigenvalue weighted by Crippen LogP contribution is -2.13. The van der Waals surface area contributed by atoms with Crippen LogP contribution in [0.25, 0.3) is 0 Å². The molecule has 2 rings (SSSR count). The number of hydrogen-bond donors (Lipinski definition) is 1. The first-order valence-corrected chi connectivity index (χ1v) is 4.84. The minimum Gasteiger partial charge on any atom is -0.320 e. The van der Waals surface area contributed by atoms with Crippen molar-refractivity contribution < 1.29 is 9.42 Å². The predicted octanol–water partition coefficient (Wildman–Crippen LogP) is 1.94. The SMILES string of the molecule is Cc1cccc(NC(=O)c2nonc2C)c1. The summed E-state index contributed by atoms with van der Waals surface area (Å²) in [6.07, 6.45) is 0. The number of hydrogen-bond acceptors (Lipinski definition) is 4. The largest absolute Gasteiger partial charge is 0.320 e. The van der Waals surface area contributed by atoms with E-state index in [0.717, 1.165) is 11.3 Å². The molecule has 1 heterocycles. The molecule has 1 aromatic heterocycles. The van der Waals surface area contributed by atoms with E-state index < -0.39 is 0 Å². The lowest BCUT2D eigenvalue weighted by Gasteiger charge is -2.03. The van der Waals surface area contributed by atoms with Crippen molar-refractivity contribution in [2.45, 2.75) is 13.8 Å². The van der Waals surface area contributed by atoms with E-state index >= 15 is 0 Å². The first kappa shape index (κ1) is 10.4. The van der Waals surface area contributed by atoms with Crippen molar-refractivity contribution in [3.05, 3.63) is 41.2 Å². The molecule has 5 heteroatoms. The molecule has 5 nitrogen and oxygen atoms in total. The molecule has 1 amide bonds. The van der Waals surface area contributed by atoms with Crippen molar-refractivity contribution in [2.24, 2.45) is 0 Å². The summed E-state index contributed by atoms with van der Waals surface area (Å²) in [6, 6.07) is 7.52. The van der Waals surface area contributed by atoms with Crippen LogP contribution in [0, 0.1) is 13.8 Å². The number of aryl methyl sites for hydroxylation is 2. The Hall–Kier alpha value is -2.17. The van der Waals surface area contributed by atoms with Gasteiger partial charge in [0.2, 0.25) is 0 Å². The van der Waals surface area contributed by atoms with Crippen LogP contribution in [0.15, 0.2) is 28.9 Å². The van der Waals surface area contributed by atoms with Gasteiger partial charge in [0.15, 0.2) is 5.69 Å². The number of rotatable bonds is 2. The fourth-order valence-electron chi connectivity index (χ4n) is 1.35.